The Morgan fingerprint density at radius 2 is 2.03 bits per heavy atom. The minimum absolute atomic E-state index is 0.180. The van der Waals surface area contributed by atoms with Crippen LogP contribution in [0.25, 0.3) is 11.8 Å². The summed E-state index contributed by atoms with van der Waals surface area (Å²) in [5.41, 5.74) is 17.1. The second-order valence-electron chi connectivity index (χ2n) is 8.19. The SMILES string of the molecule is C=CC=O.Cc1c(C2CN(C)C3CCCC23)[nH]c(N)c1/C=C(\N)c1ccccc1O. The molecule has 1 aromatic heterocycles. The van der Waals surface area contributed by atoms with Crippen molar-refractivity contribution in [2.24, 2.45) is 11.7 Å². The quantitative estimate of drug-likeness (QED) is 0.456. The van der Waals surface area contributed by atoms with Crippen molar-refractivity contribution >= 4 is 23.9 Å². The number of anilines is 1. The summed E-state index contributed by atoms with van der Waals surface area (Å²) in [4.78, 5) is 15.0. The van der Waals surface area contributed by atoms with E-state index in [0.717, 1.165) is 12.1 Å². The maximum atomic E-state index is 10.0. The fourth-order valence-corrected chi connectivity index (χ4v) is 5.03. The molecule has 30 heavy (non-hydrogen) atoms. The number of likely N-dealkylation sites (tertiary alicyclic amines) is 1. The predicted octanol–water partition coefficient (Wildman–Crippen LogP) is 3.64. The van der Waals surface area contributed by atoms with E-state index < -0.39 is 0 Å². The van der Waals surface area contributed by atoms with Crippen molar-refractivity contribution in [1.82, 2.24) is 9.88 Å². The number of aldehydes is 1. The molecule has 2 aliphatic rings. The number of nitrogens with one attached hydrogen (secondary N) is 1. The van der Waals surface area contributed by atoms with E-state index in [1.54, 1.807) is 12.1 Å². The summed E-state index contributed by atoms with van der Waals surface area (Å²) in [7, 11) is 2.24. The molecule has 6 N–H and O–H groups in total. The Hall–Kier alpha value is -2.99. The molecule has 2 aromatic rings. The molecule has 4 rings (SSSR count). The van der Waals surface area contributed by atoms with Crippen LogP contribution in [-0.2, 0) is 4.79 Å². The van der Waals surface area contributed by atoms with Crippen LogP contribution in [-0.4, -0.2) is 40.9 Å². The first-order valence-corrected chi connectivity index (χ1v) is 10.4. The summed E-state index contributed by atoms with van der Waals surface area (Å²) in [5, 5.41) is 10.0. The fraction of sp³-hybridized carbons (Fsp3) is 0.375. The molecule has 6 heteroatoms. The van der Waals surface area contributed by atoms with Gasteiger partial charge in [-0.15, -0.1) is 0 Å². The number of allylic oxidation sites excluding steroid dienone is 1. The van der Waals surface area contributed by atoms with Crippen molar-refractivity contribution in [2.75, 3.05) is 19.3 Å². The first-order valence-electron chi connectivity index (χ1n) is 10.4. The molecule has 0 amide bonds. The zero-order chi connectivity index (χ0) is 21.8. The lowest BCUT2D eigenvalue weighted by atomic mass is 9.88. The molecule has 2 heterocycles. The third-order valence-electron chi connectivity index (χ3n) is 6.45. The highest BCUT2D eigenvalue weighted by molar-refractivity contribution is 5.85. The highest BCUT2D eigenvalue weighted by Crippen LogP contribution is 2.47. The van der Waals surface area contributed by atoms with Crippen LogP contribution < -0.4 is 11.5 Å². The van der Waals surface area contributed by atoms with Gasteiger partial charge < -0.3 is 26.5 Å². The average molecular weight is 409 g/mol. The number of phenols is 1. The zero-order valence-electron chi connectivity index (χ0n) is 17.8. The van der Waals surface area contributed by atoms with Gasteiger partial charge in [-0.3, -0.25) is 4.79 Å². The van der Waals surface area contributed by atoms with E-state index in [1.807, 2.05) is 18.2 Å². The van der Waals surface area contributed by atoms with E-state index in [0.29, 0.717) is 41.2 Å². The number of aromatic nitrogens is 1. The van der Waals surface area contributed by atoms with E-state index in [1.165, 1.54) is 36.6 Å². The van der Waals surface area contributed by atoms with Crippen molar-refractivity contribution < 1.29 is 9.90 Å². The third kappa shape index (κ3) is 4.14. The Balaban J connectivity index is 0.000000589. The van der Waals surface area contributed by atoms with Gasteiger partial charge in [-0.1, -0.05) is 25.1 Å². The van der Waals surface area contributed by atoms with Crippen LogP contribution in [0.4, 0.5) is 5.82 Å². The number of phenolic OH excluding ortho intramolecular Hbond substituents is 1. The molecule has 0 radical (unpaired) electrons. The van der Waals surface area contributed by atoms with Crippen LogP contribution in [0.15, 0.2) is 36.9 Å². The minimum atomic E-state index is 0.180. The maximum Gasteiger partial charge on any atom is 0.142 e. The summed E-state index contributed by atoms with van der Waals surface area (Å²) in [5.74, 6) is 2.05. The van der Waals surface area contributed by atoms with Gasteiger partial charge in [-0.2, -0.15) is 0 Å². The number of hydrogen-bond donors (Lipinski definition) is 4. The Morgan fingerprint density at radius 1 is 1.33 bits per heavy atom. The van der Waals surface area contributed by atoms with Crippen LogP contribution in [0.3, 0.4) is 0 Å². The van der Waals surface area contributed by atoms with Crippen molar-refractivity contribution in [3.05, 3.63) is 59.3 Å². The van der Waals surface area contributed by atoms with Crippen molar-refractivity contribution in [2.45, 2.75) is 38.1 Å². The molecule has 0 bridgehead atoms. The number of nitrogens with two attached hydrogens (primary N) is 2. The highest BCUT2D eigenvalue weighted by Gasteiger charge is 2.44. The number of nitrogens with zero attached hydrogens (tertiary/aromatic N) is 1. The third-order valence-corrected chi connectivity index (χ3v) is 6.45. The number of para-hydroxylation sites is 1. The molecular weight excluding hydrogens is 376 g/mol. The summed E-state index contributed by atoms with van der Waals surface area (Å²) in [6.45, 7) is 6.31. The van der Waals surface area contributed by atoms with E-state index >= 15 is 0 Å². The monoisotopic (exact) mass is 408 g/mol. The lowest BCUT2D eigenvalue weighted by Crippen LogP contribution is -2.25. The van der Waals surface area contributed by atoms with Gasteiger partial charge >= 0.3 is 0 Å². The molecule has 0 spiro atoms. The number of likely N-dealkylation sites (N-methyl/N-ethyl adjacent to an activating group) is 1. The molecule has 1 aliphatic carbocycles. The number of nitrogen functional groups attached to an aromatic ring is 1. The van der Waals surface area contributed by atoms with Crippen molar-refractivity contribution in [1.29, 1.82) is 0 Å². The Kier molecular flexibility index (Phi) is 6.67. The predicted molar refractivity (Wildman–Crippen MR) is 123 cm³/mol. The molecule has 1 aromatic carbocycles. The number of hydrogen-bond acceptors (Lipinski definition) is 5. The number of aromatic hydroxyl groups is 1. The van der Waals surface area contributed by atoms with Gasteiger partial charge in [-0.05, 0) is 62.6 Å². The van der Waals surface area contributed by atoms with Crippen LogP contribution in [0.1, 0.15) is 47.6 Å². The molecule has 3 unspecified atom stereocenters. The number of carbonyl (C=O) groups is 1. The molecule has 160 valence electrons. The minimum Gasteiger partial charge on any atom is -0.507 e. The summed E-state index contributed by atoms with van der Waals surface area (Å²) < 4.78 is 0. The molecule has 1 saturated heterocycles. The maximum absolute atomic E-state index is 10.0. The summed E-state index contributed by atoms with van der Waals surface area (Å²) in [6.07, 6.45) is 7.63. The van der Waals surface area contributed by atoms with Crippen LogP contribution in [0.5, 0.6) is 5.75 Å². The van der Waals surface area contributed by atoms with Crippen LogP contribution in [0, 0.1) is 12.8 Å². The Bertz CT molecular complexity index is 941. The largest absolute Gasteiger partial charge is 0.507 e. The normalized spacial score (nSPS) is 23.5. The fourth-order valence-electron chi connectivity index (χ4n) is 5.03. The first-order chi connectivity index (χ1) is 14.4. The van der Waals surface area contributed by atoms with Crippen molar-refractivity contribution in [3.8, 4) is 5.75 Å². The molecule has 1 aliphatic heterocycles. The van der Waals surface area contributed by atoms with Gasteiger partial charge in [0, 0.05) is 41.0 Å². The lowest BCUT2D eigenvalue weighted by molar-refractivity contribution is -0.104. The highest BCUT2D eigenvalue weighted by atomic mass is 16.3. The van der Waals surface area contributed by atoms with Crippen molar-refractivity contribution in [3.63, 3.8) is 0 Å². The van der Waals surface area contributed by atoms with Crippen LogP contribution in [0.2, 0.25) is 0 Å². The van der Waals surface area contributed by atoms with Gasteiger partial charge in [0.2, 0.25) is 0 Å². The number of H-pyrrole nitrogens is 1. The number of carbonyl (C=O) groups excluding carboxylic acids is 1. The second-order valence-corrected chi connectivity index (χ2v) is 8.19. The zero-order valence-corrected chi connectivity index (χ0v) is 17.8. The number of rotatable bonds is 4. The molecule has 3 atom stereocenters. The number of benzene rings is 1. The summed E-state index contributed by atoms with van der Waals surface area (Å²) in [6, 6.07) is 7.81. The van der Waals surface area contributed by atoms with Gasteiger partial charge in [0.15, 0.2) is 0 Å². The number of fused-ring (bicyclic) bond motifs is 1. The van der Waals surface area contributed by atoms with E-state index in [-0.39, 0.29) is 5.75 Å². The van der Waals surface area contributed by atoms with Gasteiger partial charge in [0.1, 0.15) is 17.9 Å². The lowest BCUT2D eigenvalue weighted by Gasteiger charge is -2.18. The van der Waals surface area contributed by atoms with Gasteiger partial charge in [0.05, 0.1) is 0 Å². The first kappa shape index (κ1) is 21.7. The smallest absolute Gasteiger partial charge is 0.142 e. The Morgan fingerprint density at radius 3 is 2.70 bits per heavy atom. The van der Waals surface area contributed by atoms with Crippen LogP contribution >= 0.6 is 0 Å². The molecule has 6 nitrogen and oxygen atoms in total. The summed E-state index contributed by atoms with van der Waals surface area (Å²) >= 11 is 0. The van der Waals surface area contributed by atoms with E-state index in [9.17, 15) is 5.11 Å². The second kappa shape index (κ2) is 9.22. The standard InChI is InChI=1S/C21H28N4O.C3H4O/c1-12-15(10-17(22)14-6-3-4-9-19(14)26)21(23)24-20(12)16-11-25(2)18-8-5-7-13(16)18;1-2-3-4/h3-4,6,9-10,13,16,18,24,26H,5,7-8,11,22-23H2,1-2H3;2-3H,1H2/b17-10-;. The average Bonchev–Trinajstić information content (AvgIpc) is 3.41. The van der Waals surface area contributed by atoms with Gasteiger partial charge in [0.25, 0.3) is 0 Å². The number of aromatic amines is 1. The van der Waals surface area contributed by atoms with E-state index in [4.69, 9.17) is 16.3 Å². The topological polar surface area (TPSA) is 108 Å². The molecule has 1 saturated carbocycles. The van der Waals surface area contributed by atoms with E-state index in [2.05, 4.69) is 30.4 Å². The van der Waals surface area contributed by atoms with Gasteiger partial charge in [-0.25, -0.2) is 0 Å². The Labute approximate surface area is 178 Å². The molecule has 2 fully saturated rings. The molecular formula is C24H32N4O2.